The van der Waals surface area contributed by atoms with Crippen molar-refractivity contribution in [1.82, 2.24) is 4.90 Å². The van der Waals surface area contributed by atoms with Gasteiger partial charge in [-0.3, -0.25) is 4.90 Å². The molecule has 3 heterocycles. The van der Waals surface area contributed by atoms with Gasteiger partial charge < -0.3 is 19.7 Å². The van der Waals surface area contributed by atoms with Crippen molar-refractivity contribution in [1.29, 1.82) is 0 Å². The minimum Gasteiger partial charge on any atom is -0.454 e. The molecule has 5 nitrogen and oxygen atoms in total. The van der Waals surface area contributed by atoms with Crippen molar-refractivity contribution in [3.05, 3.63) is 23.3 Å². The predicted molar refractivity (Wildman–Crippen MR) is 74.2 cm³/mol. The van der Waals surface area contributed by atoms with Gasteiger partial charge in [0.25, 0.3) is 0 Å². The quantitative estimate of drug-likeness (QED) is 0.741. The molecular formula is C16H19NO4. The standard InChI is InChI=1S/C16H19NO4/c18-11-3-8-1-2-17-6-9-4-12-13(21-7-20-12)5-10(9)14(15(8)17)16(11)19/h4-5,8,11,14-16,18-19H,1-3,6-7H2/t8?,11-,14-,15?,16-/m0/s1. The zero-order chi connectivity index (χ0) is 14.1. The van der Waals surface area contributed by atoms with E-state index < -0.39 is 12.2 Å². The van der Waals surface area contributed by atoms with Gasteiger partial charge >= 0.3 is 0 Å². The maximum Gasteiger partial charge on any atom is 0.231 e. The topological polar surface area (TPSA) is 62.2 Å². The summed E-state index contributed by atoms with van der Waals surface area (Å²) in [5.41, 5.74) is 2.34. The van der Waals surface area contributed by atoms with Gasteiger partial charge in [0.1, 0.15) is 0 Å². The first-order valence-corrected chi connectivity index (χ1v) is 7.75. The van der Waals surface area contributed by atoms with Crippen LogP contribution in [0, 0.1) is 5.92 Å². The highest BCUT2D eigenvalue weighted by Gasteiger charge is 2.52. The molecule has 5 heteroatoms. The van der Waals surface area contributed by atoms with Crippen LogP contribution in [0.25, 0.3) is 0 Å². The number of rotatable bonds is 0. The molecule has 0 aromatic heterocycles. The molecule has 0 amide bonds. The van der Waals surface area contributed by atoms with E-state index in [1.54, 1.807) is 0 Å². The van der Waals surface area contributed by atoms with E-state index in [2.05, 4.69) is 11.0 Å². The Labute approximate surface area is 123 Å². The Morgan fingerprint density at radius 2 is 1.95 bits per heavy atom. The minimum atomic E-state index is -0.689. The fourth-order valence-corrected chi connectivity index (χ4v) is 4.84. The summed E-state index contributed by atoms with van der Waals surface area (Å²) >= 11 is 0. The van der Waals surface area contributed by atoms with E-state index in [4.69, 9.17) is 9.47 Å². The minimum absolute atomic E-state index is 0.0144. The molecule has 1 aromatic carbocycles. The number of hydrogen-bond acceptors (Lipinski definition) is 5. The van der Waals surface area contributed by atoms with Crippen LogP contribution in [-0.4, -0.2) is 46.7 Å². The molecule has 0 bridgehead atoms. The molecule has 2 N–H and O–H groups in total. The maximum atomic E-state index is 10.6. The predicted octanol–water partition coefficient (Wildman–Crippen LogP) is 0.829. The second-order valence-electron chi connectivity index (χ2n) is 6.73. The van der Waals surface area contributed by atoms with Crippen LogP contribution in [0.2, 0.25) is 0 Å². The van der Waals surface area contributed by atoms with Crippen LogP contribution in [0.1, 0.15) is 29.9 Å². The van der Waals surface area contributed by atoms with Crippen molar-refractivity contribution in [2.75, 3.05) is 13.3 Å². The highest BCUT2D eigenvalue weighted by Crippen LogP contribution is 2.51. The molecule has 1 aromatic rings. The van der Waals surface area contributed by atoms with E-state index in [-0.39, 0.29) is 12.7 Å². The summed E-state index contributed by atoms with van der Waals surface area (Å²) in [7, 11) is 0. The van der Waals surface area contributed by atoms with Crippen molar-refractivity contribution in [2.24, 2.45) is 5.92 Å². The van der Waals surface area contributed by atoms with E-state index in [0.29, 0.717) is 12.0 Å². The van der Waals surface area contributed by atoms with E-state index in [1.165, 1.54) is 5.56 Å². The lowest BCUT2D eigenvalue weighted by Gasteiger charge is -2.47. The van der Waals surface area contributed by atoms with Crippen molar-refractivity contribution < 1.29 is 19.7 Å². The first-order chi connectivity index (χ1) is 10.2. The molecule has 5 atom stereocenters. The molecule has 2 unspecified atom stereocenters. The number of benzene rings is 1. The van der Waals surface area contributed by atoms with Crippen molar-refractivity contribution in [3.63, 3.8) is 0 Å². The average molecular weight is 289 g/mol. The van der Waals surface area contributed by atoms with E-state index in [9.17, 15) is 10.2 Å². The number of ether oxygens (including phenoxy) is 2. The molecule has 0 radical (unpaired) electrons. The fraction of sp³-hybridized carbons (Fsp3) is 0.625. The summed E-state index contributed by atoms with van der Waals surface area (Å²) in [6, 6.07) is 4.43. The summed E-state index contributed by atoms with van der Waals surface area (Å²) in [4.78, 5) is 2.47. The summed E-state index contributed by atoms with van der Waals surface area (Å²) < 4.78 is 11.0. The zero-order valence-electron chi connectivity index (χ0n) is 11.7. The Bertz CT molecular complexity index is 604. The van der Waals surface area contributed by atoms with Crippen molar-refractivity contribution in [3.8, 4) is 11.5 Å². The second kappa shape index (κ2) is 4.12. The average Bonchev–Trinajstić information content (AvgIpc) is 3.08. The first-order valence-electron chi connectivity index (χ1n) is 7.75. The largest absolute Gasteiger partial charge is 0.454 e. The summed E-state index contributed by atoms with van der Waals surface area (Å²) in [6.07, 6.45) is 0.531. The van der Waals surface area contributed by atoms with Crippen LogP contribution in [-0.2, 0) is 6.54 Å². The van der Waals surface area contributed by atoms with Gasteiger partial charge in [-0.15, -0.1) is 0 Å². The van der Waals surface area contributed by atoms with Gasteiger partial charge in [0, 0.05) is 18.5 Å². The smallest absolute Gasteiger partial charge is 0.231 e. The molecule has 3 aliphatic heterocycles. The third-order valence-electron chi connectivity index (χ3n) is 5.73. The Kier molecular flexibility index (Phi) is 2.41. The number of nitrogens with zero attached hydrogens (tertiary/aromatic N) is 1. The normalized spacial score (nSPS) is 40.0. The number of aliphatic hydroxyl groups is 2. The van der Waals surface area contributed by atoms with E-state index in [1.807, 2.05) is 6.07 Å². The van der Waals surface area contributed by atoms with Crippen LogP contribution in [0.15, 0.2) is 12.1 Å². The third-order valence-corrected chi connectivity index (χ3v) is 5.73. The third kappa shape index (κ3) is 1.57. The molecular weight excluding hydrogens is 270 g/mol. The van der Waals surface area contributed by atoms with Gasteiger partial charge in [-0.1, -0.05) is 0 Å². The molecule has 1 aliphatic carbocycles. The molecule has 5 rings (SSSR count). The summed E-state index contributed by atoms with van der Waals surface area (Å²) in [5.74, 6) is 2.05. The molecule has 21 heavy (non-hydrogen) atoms. The Hall–Kier alpha value is -1.30. The maximum absolute atomic E-state index is 10.6. The SMILES string of the molecule is O[C@H]1[C@@H](O)CC2CCN3Cc4cc5c(cc4[C@H]1C23)OCO5. The second-order valence-corrected chi connectivity index (χ2v) is 6.73. The number of hydrogen-bond donors (Lipinski definition) is 2. The van der Waals surface area contributed by atoms with Crippen molar-refractivity contribution in [2.45, 2.75) is 43.6 Å². The molecule has 0 spiro atoms. The number of fused-ring (bicyclic) bond motifs is 3. The van der Waals surface area contributed by atoms with Crippen LogP contribution in [0.4, 0.5) is 0 Å². The Balaban J connectivity index is 1.66. The molecule has 2 fully saturated rings. The van der Waals surface area contributed by atoms with Crippen molar-refractivity contribution >= 4 is 0 Å². The van der Waals surface area contributed by atoms with Crippen LogP contribution in [0.5, 0.6) is 11.5 Å². The summed E-state index contributed by atoms with van der Waals surface area (Å²) in [5, 5.41) is 20.8. The highest BCUT2D eigenvalue weighted by molar-refractivity contribution is 5.52. The van der Waals surface area contributed by atoms with Gasteiger partial charge in [0.15, 0.2) is 11.5 Å². The lowest BCUT2D eigenvalue weighted by molar-refractivity contribution is -0.0657. The molecule has 1 saturated heterocycles. The highest BCUT2D eigenvalue weighted by atomic mass is 16.7. The molecule has 4 aliphatic rings. The van der Waals surface area contributed by atoms with Crippen LogP contribution < -0.4 is 9.47 Å². The Morgan fingerprint density at radius 3 is 2.81 bits per heavy atom. The van der Waals surface area contributed by atoms with Crippen LogP contribution >= 0.6 is 0 Å². The van der Waals surface area contributed by atoms with E-state index in [0.717, 1.165) is 43.0 Å². The van der Waals surface area contributed by atoms with E-state index >= 15 is 0 Å². The van der Waals surface area contributed by atoms with Gasteiger partial charge in [-0.2, -0.15) is 0 Å². The molecule has 1 saturated carbocycles. The van der Waals surface area contributed by atoms with Gasteiger partial charge in [-0.25, -0.2) is 0 Å². The Morgan fingerprint density at radius 1 is 1.14 bits per heavy atom. The monoisotopic (exact) mass is 289 g/mol. The van der Waals surface area contributed by atoms with Gasteiger partial charge in [0.05, 0.1) is 12.2 Å². The summed E-state index contributed by atoms with van der Waals surface area (Å²) in [6.45, 7) is 2.23. The first kappa shape index (κ1) is 12.3. The van der Waals surface area contributed by atoms with Gasteiger partial charge in [-0.05, 0) is 48.6 Å². The lowest BCUT2D eigenvalue weighted by atomic mass is 9.68. The number of aliphatic hydroxyl groups excluding tert-OH is 2. The fourth-order valence-electron chi connectivity index (χ4n) is 4.84. The zero-order valence-corrected chi connectivity index (χ0v) is 11.7. The van der Waals surface area contributed by atoms with Crippen LogP contribution in [0.3, 0.4) is 0 Å². The lowest BCUT2D eigenvalue weighted by Crippen LogP contribution is -2.53. The van der Waals surface area contributed by atoms with Gasteiger partial charge in [0.2, 0.25) is 6.79 Å². The molecule has 112 valence electrons.